The van der Waals surface area contributed by atoms with E-state index in [1.807, 2.05) is 0 Å². The van der Waals surface area contributed by atoms with E-state index in [2.05, 4.69) is 25.6 Å². The van der Waals surface area contributed by atoms with Gasteiger partial charge in [-0.05, 0) is 0 Å². The van der Waals surface area contributed by atoms with Gasteiger partial charge in [0.2, 0.25) is 0 Å². The number of aliphatic carboxylic acids is 1. The minimum absolute atomic E-state index is 0.0170. The number of hydrogen-bond donors (Lipinski definition) is 6. The topological polar surface area (TPSA) is 192 Å². The highest BCUT2D eigenvalue weighted by atomic mass is 16.6. The molecule has 26 heavy (non-hydrogen) atoms. The Hall–Kier alpha value is -2.87. The third-order valence-electron chi connectivity index (χ3n) is 3.78. The Kier molecular flexibility index (Phi) is 4.94. The fourth-order valence-electron chi connectivity index (χ4n) is 2.55. The van der Waals surface area contributed by atoms with Crippen molar-refractivity contribution >= 4 is 29.0 Å². The molecule has 13 heteroatoms. The summed E-state index contributed by atoms with van der Waals surface area (Å²) in [5.41, 5.74) is 0.360. The molecule has 13 nitrogen and oxygen atoms in total. The Bertz CT molecular complexity index is 826. The van der Waals surface area contributed by atoms with Gasteiger partial charge in [-0.15, -0.1) is 0 Å². The number of ether oxygens (including phenoxy) is 1. The maximum absolute atomic E-state index is 11.7. The highest BCUT2D eigenvalue weighted by molar-refractivity contribution is 5.96. The average Bonchev–Trinajstić information content (AvgIpc) is 3.16. The fraction of sp³-hybridized carbons (Fsp3) is 0.462. The van der Waals surface area contributed by atoms with Gasteiger partial charge in [0.1, 0.15) is 31.2 Å². The molecular formula is C13H16N6O7. The Balaban J connectivity index is 1.85. The number of imidazole rings is 1. The van der Waals surface area contributed by atoms with Crippen LogP contribution in [0.25, 0.3) is 11.2 Å². The van der Waals surface area contributed by atoms with E-state index in [4.69, 9.17) is 9.84 Å². The summed E-state index contributed by atoms with van der Waals surface area (Å²) in [5, 5.41) is 42.2. The molecule has 1 aliphatic rings. The highest BCUT2D eigenvalue weighted by Crippen LogP contribution is 2.31. The molecule has 0 aromatic carbocycles. The Morgan fingerprint density at radius 1 is 1.23 bits per heavy atom. The molecule has 140 valence electrons. The van der Waals surface area contributed by atoms with Gasteiger partial charge in [-0.3, -0.25) is 14.7 Å². The molecule has 0 radical (unpaired) electrons. The number of hydrogen-bond acceptors (Lipinski definition) is 9. The lowest BCUT2D eigenvalue weighted by Gasteiger charge is -2.16. The second-order valence-electron chi connectivity index (χ2n) is 5.48. The molecule has 0 bridgehead atoms. The standard InChI is InChI=1S/C13H16N6O7/c20-2-5-8(23)9(24)12(26-5)19-4-17-7-10(15-3-16-11(7)19)18-13(25)14-1-6(21)22/h3-5,8-9,12,20,23-24H,1-2H2,(H,21,22)(H2,14,15,16,18,25)/t5-,8-,9-,12-/m1/s1. The Morgan fingerprint density at radius 2 is 2.00 bits per heavy atom. The van der Waals surface area contributed by atoms with Gasteiger partial charge in [-0.2, -0.15) is 0 Å². The van der Waals surface area contributed by atoms with Gasteiger partial charge in [0, 0.05) is 0 Å². The van der Waals surface area contributed by atoms with E-state index < -0.39 is 49.7 Å². The number of aliphatic hydroxyl groups excluding tert-OH is 3. The molecule has 1 fully saturated rings. The number of carboxylic acids is 1. The van der Waals surface area contributed by atoms with Crippen LogP contribution in [0, 0.1) is 0 Å². The summed E-state index contributed by atoms with van der Waals surface area (Å²) in [6, 6.07) is -0.796. The molecule has 1 aliphatic heterocycles. The summed E-state index contributed by atoms with van der Waals surface area (Å²) in [5.74, 6) is -1.19. The smallest absolute Gasteiger partial charge is 0.323 e. The van der Waals surface area contributed by atoms with Crippen molar-refractivity contribution in [3.8, 4) is 0 Å². The summed E-state index contributed by atoms with van der Waals surface area (Å²) >= 11 is 0. The van der Waals surface area contributed by atoms with Crippen molar-refractivity contribution in [3.63, 3.8) is 0 Å². The predicted molar refractivity (Wildman–Crippen MR) is 83.0 cm³/mol. The van der Waals surface area contributed by atoms with Crippen LogP contribution in [-0.2, 0) is 9.53 Å². The number of nitrogens with zero attached hydrogens (tertiary/aromatic N) is 4. The van der Waals surface area contributed by atoms with Gasteiger partial charge in [0.25, 0.3) is 0 Å². The summed E-state index contributed by atoms with van der Waals surface area (Å²) in [6.45, 7) is -1.05. The van der Waals surface area contributed by atoms with E-state index in [0.29, 0.717) is 0 Å². The van der Waals surface area contributed by atoms with E-state index in [1.165, 1.54) is 10.9 Å². The lowest BCUT2D eigenvalue weighted by molar-refractivity contribution is -0.135. The lowest BCUT2D eigenvalue weighted by atomic mass is 10.1. The zero-order valence-corrected chi connectivity index (χ0v) is 13.2. The van der Waals surface area contributed by atoms with E-state index in [-0.39, 0.29) is 17.0 Å². The number of urea groups is 1. The molecule has 2 aromatic rings. The van der Waals surface area contributed by atoms with Gasteiger partial charge < -0.3 is 30.5 Å². The van der Waals surface area contributed by atoms with Crippen molar-refractivity contribution in [2.45, 2.75) is 24.5 Å². The number of fused-ring (bicyclic) bond motifs is 1. The van der Waals surface area contributed by atoms with E-state index in [0.717, 1.165) is 6.33 Å². The zero-order chi connectivity index (χ0) is 18.8. The highest BCUT2D eigenvalue weighted by Gasteiger charge is 2.44. The van der Waals surface area contributed by atoms with Gasteiger partial charge in [-0.1, -0.05) is 0 Å². The van der Waals surface area contributed by atoms with Crippen LogP contribution < -0.4 is 10.6 Å². The average molecular weight is 368 g/mol. The molecule has 1 saturated heterocycles. The molecule has 3 rings (SSSR count). The van der Waals surface area contributed by atoms with Gasteiger partial charge in [0.15, 0.2) is 23.2 Å². The van der Waals surface area contributed by atoms with Crippen LogP contribution in [0.2, 0.25) is 0 Å². The number of amides is 2. The maximum Gasteiger partial charge on any atom is 0.323 e. The number of rotatable bonds is 5. The van der Waals surface area contributed by atoms with Crippen molar-refractivity contribution in [3.05, 3.63) is 12.7 Å². The third-order valence-corrected chi connectivity index (χ3v) is 3.78. The number of nitrogens with one attached hydrogen (secondary N) is 2. The predicted octanol–water partition coefficient (Wildman–Crippen LogP) is -2.36. The molecule has 0 saturated carbocycles. The van der Waals surface area contributed by atoms with Crippen LogP contribution >= 0.6 is 0 Å². The maximum atomic E-state index is 11.7. The van der Waals surface area contributed by atoms with Crippen LogP contribution in [0.4, 0.5) is 10.6 Å². The zero-order valence-electron chi connectivity index (χ0n) is 13.2. The first-order valence-electron chi connectivity index (χ1n) is 7.49. The minimum Gasteiger partial charge on any atom is -0.480 e. The van der Waals surface area contributed by atoms with Crippen LogP contribution in [0.3, 0.4) is 0 Å². The minimum atomic E-state index is -1.32. The van der Waals surface area contributed by atoms with Gasteiger partial charge >= 0.3 is 12.0 Å². The molecule has 4 atom stereocenters. The number of aromatic nitrogens is 4. The SMILES string of the molecule is O=C(O)CNC(=O)Nc1ncnc2c1ncn2[C@@H]1O[C@H](CO)[C@@H](O)[C@H]1O. The Morgan fingerprint density at radius 3 is 2.65 bits per heavy atom. The molecule has 3 heterocycles. The quantitative estimate of drug-likeness (QED) is 0.333. The second kappa shape index (κ2) is 7.17. The second-order valence-corrected chi connectivity index (χ2v) is 5.48. The first-order valence-corrected chi connectivity index (χ1v) is 7.49. The molecule has 2 amide bonds. The number of carboxylic acid groups (broad SMARTS) is 1. The molecule has 0 spiro atoms. The van der Waals surface area contributed by atoms with Gasteiger partial charge in [-0.25, -0.2) is 19.7 Å². The largest absolute Gasteiger partial charge is 0.480 e. The number of carbonyl (C=O) groups is 2. The van der Waals surface area contributed by atoms with Crippen molar-refractivity contribution < 1.29 is 34.8 Å². The first-order chi connectivity index (χ1) is 12.4. The summed E-state index contributed by atoms with van der Waals surface area (Å²) in [6.07, 6.45) is -2.21. The van der Waals surface area contributed by atoms with Crippen LogP contribution in [0.5, 0.6) is 0 Å². The number of aliphatic hydroxyl groups is 3. The third kappa shape index (κ3) is 3.28. The van der Waals surface area contributed by atoms with Crippen molar-refractivity contribution in [1.82, 2.24) is 24.8 Å². The molecule has 6 N–H and O–H groups in total. The van der Waals surface area contributed by atoms with E-state index in [1.54, 1.807) is 0 Å². The number of carbonyl (C=O) groups excluding carboxylic acids is 1. The molecule has 0 unspecified atom stereocenters. The van der Waals surface area contributed by atoms with Gasteiger partial charge in [0.05, 0.1) is 12.9 Å². The monoisotopic (exact) mass is 368 g/mol. The summed E-state index contributed by atoms with van der Waals surface area (Å²) in [4.78, 5) is 34.1. The summed E-state index contributed by atoms with van der Waals surface area (Å²) in [7, 11) is 0. The molecular weight excluding hydrogens is 352 g/mol. The van der Waals surface area contributed by atoms with Crippen LogP contribution in [-0.4, -0.2) is 83.4 Å². The number of anilines is 1. The van der Waals surface area contributed by atoms with Crippen molar-refractivity contribution in [1.29, 1.82) is 0 Å². The lowest BCUT2D eigenvalue weighted by Crippen LogP contribution is -2.33. The Labute approximate surface area is 145 Å². The first kappa shape index (κ1) is 17.9. The van der Waals surface area contributed by atoms with Crippen LogP contribution in [0.1, 0.15) is 6.23 Å². The fourth-order valence-corrected chi connectivity index (χ4v) is 2.55. The van der Waals surface area contributed by atoms with E-state index >= 15 is 0 Å². The molecule has 2 aromatic heterocycles. The normalized spacial score (nSPS) is 25.3. The van der Waals surface area contributed by atoms with Crippen molar-refractivity contribution in [2.75, 3.05) is 18.5 Å². The summed E-state index contributed by atoms with van der Waals surface area (Å²) < 4.78 is 6.76. The molecule has 0 aliphatic carbocycles. The van der Waals surface area contributed by atoms with Crippen LogP contribution in [0.15, 0.2) is 12.7 Å². The van der Waals surface area contributed by atoms with Crippen molar-refractivity contribution in [2.24, 2.45) is 0 Å². The van der Waals surface area contributed by atoms with E-state index in [9.17, 15) is 24.9 Å².